The predicted molar refractivity (Wildman–Crippen MR) is 82.6 cm³/mol. The Morgan fingerprint density at radius 1 is 1.45 bits per heavy atom. The zero-order valence-electron chi connectivity index (χ0n) is 13.4. The molecule has 2 unspecified atom stereocenters. The monoisotopic (exact) mass is 282 g/mol. The molecule has 4 heteroatoms. The molecule has 116 valence electrons. The second-order valence-corrected chi connectivity index (χ2v) is 5.92. The first-order chi connectivity index (χ1) is 9.51. The number of nitrogens with zero attached hydrogens (tertiary/aromatic N) is 2. The lowest BCUT2D eigenvalue weighted by molar-refractivity contribution is -0.122. The van der Waals surface area contributed by atoms with Crippen LogP contribution >= 0.6 is 0 Å². The highest BCUT2D eigenvalue weighted by atomic mass is 16.3. The number of hydrogen-bond donors (Lipinski definition) is 1. The van der Waals surface area contributed by atoms with Gasteiger partial charge in [0.15, 0.2) is 0 Å². The van der Waals surface area contributed by atoms with E-state index in [9.17, 15) is 0 Å². The number of aromatic nitrogens is 2. The highest BCUT2D eigenvalue weighted by molar-refractivity contribution is 5.32. The third-order valence-electron chi connectivity index (χ3n) is 4.01. The summed E-state index contributed by atoms with van der Waals surface area (Å²) in [6.45, 7) is 10.3. The number of imidazole rings is 1. The van der Waals surface area contributed by atoms with E-state index in [-0.39, 0.29) is 6.47 Å². The molecule has 0 amide bonds. The van der Waals surface area contributed by atoms with Crippen LogP contribution in [-0.4, -0.2) is 21.1 Å². The lowest BCUT2D eigenvalue weighted by Gasteiger charge is -2.31. The third kappa shape index (κ3) is 7.97. The standard InChI is InChI=1S/C15H28N2.CH2O2/c1-5-7-14(3)12-15(4,6-2)8-10-17-11-9-16-13-17;2-1-3/h9,11,13-14H,5-8,10,12H2,1-4H3;1H,(H,2,3). The van der Waals surface area contributed by atoms with Crippen molar-refractivity contribution in [2.45, 2.75) is 66.3 Å². The maximum absolute atomic E-state index is 8.36. The predicted octanol–water partition coefficient (Wildman–Crippen LogP) is 4.22. The third-order valence-corrected chi connectivity index (χ3v) is 4.01. The van der Waals surface area contributed by atoms with Gasteiger partial charge < -0.3 is 9.67 Å². The van der Waals surface area contributed by atoms with Crippen molar-refractivity contribution in [2.75, 3.05) is 0 Å². The Balaban J connectivity index is 0.00000110. The number of carboxylic acid groups (broad SMARTS) is 1. The summed E-state index contributed by atoms with van der Waals surface area (Å²) in [5.74, 6) is 0.854. The fraction of sp³-hybridized carbons (Fsp3) is 0.750. The van der Waals surface area contributed by atoms with Crippen molar-refractivity contribution < 1.29 is 9.90 Å². The summed E-state index contributed by atoms with van der Waals surface area (Å²) in [6.07, 6.45) is 12.4. The second-order valence-electron chi connectivity index (χ2n) is 5.92. The van der Waals surface area contributed by atoms with Crippen molar-refractivity contribution in [3.05, 3.63) is 18.7 Å². The number of hydrogen-bond acceptors (Lipinski definition) is 2. The first-order valence-corrected chi connectivity index (χ1v) is 7.54. The van der Waals surface area contributed by atoms with Crippen molar-refractivity contribution in [3.8, 4) is 0 Å². The van der Waals surface area contributed by atoms with Gasteiger partial charge in [0, 0.05) is 18.9 Å². The summed E-state index contributed by atoms with van der Waals surface area (Å²) in [5.41, 5.74) is 0.485. The zero-order chi connectivity index (χ0) is 15.4. The van der Waals surface area contributed by atoms with Crippen LogP contribution in [0, 0.1) is 11.3 Å². The zero-order valence-corrected chi connectivity index (χ0v) is 13.4. The molecule has 0 aliphatic carbocycles. The molecule has 0 spiro atoms. The Hall–Kier alpha value is -1.32. The molecule has 1 aromatic rings. The van der Waals surface area contributed by atoms with Crippen molar-refractivity contribution in [1.82, 2.24) is 9.55 Å². The van der Waals surface area contributed by atoms with Crippen LogP contribution in [0.25, 0.3) is 0 Å². The normalized spacial score (nSPS) is 14.8. The van der Waals surface area contributed by atoms with Crippen LogP contribution < -0.4 is 0 Å². The fourth-order valence-electron chi connectivity index (χ4n) is 2.68. The molecule has 0 radical (unpaired) electrons. The van der Waals surface area contributed by atoms with Crippen molar-refractivity contribution in [2.24, 2.45) is 11.3 Å². The molecule has 0 bridgehead atoms. The highest BCUT2D eigenvalue weighted by Crippen LogP contribution is 2.35. The van der Waals surface area contributed by atoms with Gasteiger partial charge in [0.25, 0.3) is 6.47 Å². The Labute approximate surface area is 123 Å². The minimum atomic E-state index is -0.250. The topological polar surface area (TPSA) is 55.1 Å². The Kier molecular flexibility index (Phi) is 9.77. The SMILES string of the molecule is CCCC(C)CC(C)(CC)CCn1ccnc1.O=CO. The average Bonchev–Trinajstić information content (AvgIpc) is 2.91. The van der Waals surface area contributed by atoms with E-state index < -0.39 is 0 Å². The first kappa shape index (κ1) is 18.7. The van der Waals surface area contributed by atoms with Gasteiger partial charge in [0.2, 0.25) is 0 Å². The van der Waals surface area contributed by atoms with E-state index in [0.29, 0.717) is 5.41 Å². The summed E-state index contributed by atoms with van der Waals surface area (Å²) < 4.78 is 2.19. The van der Waals surface area contributed by atoms with Crippen LogP contribution in [-0.2, 0) is 11.3 Å². The molecule has 1 aromatic heterocycles. The van der Waals surface area contributed by atoms with Crippen LogP contribution in [0.1, 0.15) is 59.8 Å². The molecule has 20 heavy (non-hydrogen) atoms. The average molecular weight is 282 g/mol. The molecule has 0 aliphatic rings. The van der Waals surface area contributed by atoms with Crippen LogP contribution in [0.3, 0.4) is 0 Å². The molecule has 0 aliphatic heterocycles. The van der Waals surface area contributed by atoms with Crippen LogP contribution in [0.5, 0.6) is 0 Å². The van der Waals surface area contributed by atoms with Crippen LogP contribution in [0.15, 0.2) is 18.7 Å². The van der Waals surface area contributed by atoms with Gasteiger partial charge in [0.1, 0.15) is 0 Å². The quantitative estimate of drug-likeness (QED) is 0.726. The highest BCUT2D eigenvalue weighted by Gasteiger charge is 2.24. The lowest BCUT2D eigenvalue weighted by Crippen LogP contribution is -2.21. The molecular weight excluding hydrogens is 252 g/mol. The molecule has 0 saturated carbocycles. The maximum atomic E-state index is 8.36. The smallest absolute Gasteiger partial charge is 0.290 e. The second kappa shape index (κ2) is 10.5. The molecule has 1 heterocycles. The van der Waals surface area contributed by atoms with E-state index in [1.165, 1.54) is 32.1 Å². The van der Waals surface area contributed by atoms with Crippen molar-refractivity contribution >= 4 is 6.47 Å². The van der Waals surface area contributed by atoms with E-state index in [1.807, 2.05) is 12.5 Å². The van der Waals surface area contributed by atoms with E-state index in [4.69, 9.17) is 9.90 Å². The first-order valence-electron chi connectivity index (χ1n) is 7.54. The minimum absolute atomic E-state index is 0.250. The number of rotatable bonds is 8. The molecule has 4 nitrogen and oxygen atoms in total. The number of aryl methyl sites for hydroxylation is 1. The molecule has 2 atom stereocenters. The van der Waals surface area contributed by atoms with E-state index in [0.717, 1.165) is 12.5 Å². The summed E-state index contributed by atoms with van der Waals surface area (Å²) in [4.78, 5) is 12.5. The molecular formula is C16H30N2O2. The van der Waals surface area contributed by atoms with Gasteiger partial charge in [-0.15, -0.1) is 0 Å². The van der Waals surface area contributed by atoms with Gasteiger partial charge in [0.05, 0.1) is 6.33 Å². The largest absolute Gasteiger partial charge is 0.483 e. The minimum Gasteiger partial charge on any atom is -0.483 e. The Morgan fingerprint density at radius 2 is 2.10 bits per heavy atom. The van der Waals surface area contributed by atoms with Crippen LogP contribution in [0.4, 0.5) is 0 Å². The summed E-state index contributed by atoms with van der Waals surface area (Å²) in [6, 6.07) is 0. The molecule has 0 aromatic carbocycles. The van der Waals surface area contributed by atoms with Gasteiger partial charge in [-0.2, -0.15) is 0 Å². The fourth-order valence-corrected chi connectivity index (χ4v) is 2.68. The maximum Gasteiger partial charge on any atom is 0.290 e. The molecule has 0 fully saturated rings. The van der Waals surface area contributed by atoms with Crippen molar-refractivity contribution in [1.29, 1.82) is 0 Å². The van der Waals surface area contributed by atoms with Crippen LogP contribution in [0.2, 0.25) is 0 Å². The van der Waals surface area contributed by atoms with Gasteiger partial charge >= 0.3 is 0 Å². The number of carbonyl (C=O) groups is 1. The van der Waals surface area contributed by atoms with E-state index in [2.05, 4.69) is 43.4 Å². The molecule has 1 rings (SSSR count). The summed E-state index contributed by atoms with van der Waals surface area (Å²) in [7, 11) is 0. The summed E-state index contributed by atoms with van der Waals surface area (Å²) >= 11 is 0. The Bertz CT molecular complexity index is 338. The van der Waals surface area contributed by atoms with Gasteiger partial charge in [-0.05, 0) is 24.2 Å². The van der Waals surface area contributed by atoms with Gasteiger partial charge in [-0.25, -0.2) is 4.98 Å². The summed E-state index contributed by atoms with van der Waals surface area (Å²) in [5, 5.41) is 6.89. The van der Waals surface area contributed by atoms with Gasteiger partial charge in [-0.1, -0.05) is 47.0 Å². The van der Waals surface area contributed by atoms with Gasteiger partial charge in [-0.3, -0.25) is 4.79 Å². The Morgan fingerprint density at radius 3 is 2.55 bits per heavy atom. The lowest BCUT2D eigenvalue weighted by atomic mass is 9.75. The van der Waals surface area contributed by atoms with E-state index >= 15 is 0 Å². The molecule has 0 saturated heterocycles. The molecule has 1 N–H and O–H groups in total. The van der Waals surface area contributed by atoms with Crippen molar-refractivity contribution in [3.63, 3.8) is 0 Å². The van der Waals surface area contributed by atoms with E-state index in [1.54, 1.807) is 0 Å².